The van der Waals surface area contributed by atoms with Crippen LogP contribution in [0.2, 0.25) is 0 Å². The van der Waals surface area contributed by atoms with Crippen molar-refractivity contribution in [2.24, 2.45) is 5.73 Å². The quantitative estimate of drug-likeness (QED) is 0.257. The lowest BCUT2D eigenvalue weighted by molar-refractivity contribution is -0.119. The lowest BCUT2D eigenvalue weighted by Gasteiger charge is -2.18. The van der Waals surface area contributed by atoms with E-state index in [4.69, 9.17) is 19.9 Å². The van der Waals surface area contributed by atoms with Crippen LogP contribution in [-0.2, 0) is 29.2 Å². The predicted octanol–water partition coefficient (Wildman–Crippen LogP) is 4.46. The Hall–Kier alpha value is -5.11. The number of carbonyl (C=O) groups excluding carboxylic acids is 3. The first-order valence-electron chi connectivity index (χ1n) is 12.7. The fraction of sp³-hybridized carbons (Fsp3) is 0.156. The number of nitrogens with one attached hydrogen (secondary N) is 1. The van der Waals surface area contributed by atoms with E-state index in [0.29, 0.717) is 30.3 Å². The first-order valence-corrected chi connectivity index (χ1v) is 12.7. The Morgan fingerprint density at radius 1 is 0.700 bits per heavy atom. The molecular weight excluding hydrogens is 508 g/mol. The summed E-state index contributed by atoms with van der Waals surface area (Å²) in [5, 5.41) is 2.67. The molecule has 0 saturated heterocycles. The van der Waals surface area contributed by atoms with E-state index in [-0.39, 0.29) is 17.5 Å². The molecule has 2 amide bonds. The summed E-state index contributed by atoms with van der Waals surface area (Å²) in [4.78, 5) is 37.0. The Morgan fingerprint density at radius 2 is 1.30 bits per heavy atom. The van der Waals surface area contributed by atoms with Gasteiger partial charge in [0, 0.05) is 12.0 Å². The largest absolute Gasteiger partial charge is 0.485 e. The number of hydrogen-bond acceptors (Lipinski definition) is 6. The van der Waals surface area contributed by atoms with Crippen molar-refractivity contribution in [3.05, 3.63) is 131 Å². The Bertz CT molecular complexity index is 1460. The van der Waals surface area contributed by atoms with Gasteiger partial charge in [0.1, 0.15) is 19.3 Å². The number of amides is 2. The highest BCUT2D eigenvalue weighted by Crippen LogP contribution is 2.30. The molecular formula is C32H30N2O6. The monoisotopic (exact) mass is 538 g/mol. The summed E-state index contributed by atoms with van der Waals surface area (Å²) >= 11 is 0. The Kier molecular flexibility index (Phi) is 9.50. The maximum absolute atomic E-state index is 12.9. The number of esters is 1. The standard InChI is InChI=1S/C32H30N2O6/c1-38-32(37)26-14-8-13-25(19-26)31(36)34-27(30(33)35)17-24-15-16-28(39-20-22-9-4-2-5-10-22)29(18-24)40-21-23-11-6-3-7-12-23/h2-16,18-19,27H,17,20-21H2,1H3,(H2,33,35)(H,34,36)/t27-/m1/s1. The van der Waals surface area contributed by atoms with Gasteiger partial charge in [-0.1, -0.05) is 72.8 Å². The van der Waals surface area contributed by atoms with Gasteiger partial charge in [0.2, 0.25) is 5.91 Å². The van der Waals surface area contributed by atoms with Crippen LogP contribution < -0.4 is 20.5 Å². The topological polar surface area (TPSA) is 117 Å². The smallest absolute Gasteiger partial charge is 0.337 e. The summed E-state index contributed by atoms with van der Waals surface area (Å²) in [6.07, 6.45) is 0.123. The second kappa shape index (κ2) is 13.6. The molecule has 3 N–H and O–H groups in total. The number of hydrogen-bond donors (Lipinski definition) is 2. The summed E-state index contributed by atoms with van der Waals surface area (Å²) in [5.41, 5.74) is 8.76. The molecule has 0 spiro atoms. The number of primary amides is 1. The van der Waals surface area contributed by atoms with E-state index < -0.39 is 23.8 Å². The number of nitrogens with two attached hydrogens (primary N) is 1. The third-order valence-corrected chi connectivity index (χ3v) is 6.12. The molecule has 4 aromatic rings. The fourth-order valence-corrected chi connectivity index (χ4v) is 3.99. The van der Waals surface area contributed by atoms with Gasteiger partial charge in [-0.3, -0.25) is 9.59 Å². The van der Waals surface area contributed by atoms with E-state index >= 15 is 0 Å². The van der Waals surface area contributed by atoms with E-state index in [2.05, 4.69) is 5.32 Å². The lowest BCUT2D eigenvalue weighted by atomic mass is 10.0. The zero-order valence-electron chi connectivity index (χ0n) is 22.0. The minimum absolute atomic E-state index is 0.123. The van der Waals surface area contributed by atoms with Crippen LogP contribution in [0.1, 0.15) is 37.4 Å². The summed E-state index contributed by atoms with van der Waals surface area (Å²) in [6, 6.07) is 29.9. The van der Waals surface area contributed by atoms with E-state index in [0.717, 1.165) is 11.1 Å². The maximum atomic E-state index is 12.9. The van der Waals surface area contributed by atoms with Crippen molar-refractivity contribution < 1.29 is 28.6 Å². The molecule has 8 nitrogen and oxygen atoms in total. The molecule has 0 fully saturated rings. The van der Waals surface area contributed by atoms with E-state index in [1.807, 2.05) is 60.7 Å². The summed E-state index contributed by atoms with van der Waals surface area (Å²) < 4.78 is 16.9. The van der Waals surface area contributed by atoms with Crippen molar-refractivity contribution >= 4 is 17.8 Å². The molecule has 1 atom stereocenters. The Labute approximate surface area is 232 Å². The van der Waals surface area contributed by atoms with E-state index in [1.165, 1.54) is 25.3 Å². The van der Waals surface area contributed by atoms with Crippen LogP contribution >= 0.6 is 0 Å². The van der Waals surface area contributed by atoms with Crippen LogP contribution in [0.4, 0.5) is 0 Å². The SMILES string of the molecule is COC(=O)c1cccc(C(=O)N[C@H](Cc2ccc(OCc3ccccc3)c(OCc3ccccc3)c2)C(N)=O)c1. The number of benzene rings is 4. The molecule has 0 saturated carbocycles. The molecule has 4 aromatic carbocycles. The zero-order chi connectivity index (χ0) is 28.3. The Balaban J connectivity index is 1.51. The normalized spacial score (nSPS) is 11.2. The van der Waals surface area contributed by atoms with Crippen LogP contribution in [0.5, 0.6) is 11.5 Å². The minimum Gasteiger partial charge on any atom is -0.485 e. The number of carbonyl (C=O) groups is 3. The first kappa shape index (κ1) is 27.9. The third-order valence-electron chi connectivity index (χ3n) is 6.12. The molecule has 0 aliphatic carbocycles. The predicted molar refractivity (Wildman–Crippen MR) is 150 cm³/mol. The van der Waals surface area contributed by atoms with Gasteiger partial charge in [0.15, 0.2) is 11.5 Å². The molecule has 40 heavy (non-hydrogen) atoms. The molecule has 0 aliphatic rings. The van der Waals surface area contributed by atoms with E-state index in [9.17, 15) is 14.4 Å². The minimum atomic E-state index is -1.01. The molecule has 8 heteroatoms. The van der Waals surface area contributed by atoms with Crippen molar-refractivity contribution in [2.45, 2.75) is 25.7 Å². The summed E-state index contributed by atoms with van der Waals surface area (Å²) in [6.45, 7) is 0.672. The molecule has 0 radical (unpaired) electrons. The van der Waals surface area contributed by atoms with Crippen LogP contribution in [0.25, 0.3) is 0 Å². The van der Waals surface area contributed by atoms with Crippen LogP contribution in [0.15, 0.2) is 103 Å². The van der Waals surface area contributed by atoms with Crippen molar-refractivity contribution in [2.75, 3.05) is 7.11 Å². The first-order chi connectivity index (χ1) is 19.4. The van der Waals surface area contributed by atoms with Gasteiger partial charge in [-0.25, -0.2) is 4.79 Å². The highest BCUT2D eigenvalue weighted by Gasteiger charge is 2.21. The van der Waals surface area contributed by atoms with Crippen molar-refractivity contribution in [1.29, 1.82) is 0 Å². The van der Waals surface area contributed by atoms with Crippen molar-refractivity contribution in [3.63, 3.8) is 0 Å². The van der Waals surface area contributed by atoms with Gasteiger partial charge in [-0.15, -0.1) is 0 Å². The second-order valence-electron chi connectivity index (χ2n) is 9.03. The van der Waals surface area contributed by atoms with Crippen LogP contribution in [-0.4, -0.2) is 30.9 Å². The summed E-state index contributed by atoms with van der Waals surface area (Å²) in [5.74, 6) is -0.773. The molecule has 0 bridgehead atoms. The molecule has 0 aromatic heterocycles. The molecule has 0 heterocycles. The average molecular weight is 539 g/mol. The fourth-order valence-electron chi connectivity index (χ4n) is 3.99. The van der Waals surface area contributed by atoms with Gasteiger partial charge in [0.05, 0.1) is 12.7 Å². The van der Waals surface area contributed by atoms with Gasteiger partial charge >= 0.3 is 5.97 Å². The summed E-state index contributed by atoms with van der Waals surface area (Å²) in [7, 11) is 1.26. The third kappa shape index (κ3) is 7.70. The van der Waals surface area contributed by atoms with Crippen molar-refractivity contribution in [3.8, 4) is 11.5 Å². The van der Waals surface area contributed by atoms with Crippen LogP contribution in [0, 0.1) is 0 Å². The highest BCUT2D eigenvalue weighted by molar-refractivity contribution is 5.99. The van der Waals surface area contributed by atoms with E-state index in [1.54, 1.807) is 24.3 Å². The zero-order valence-corrected chi connectivity index (χ0v) is 22.0. The molecule has 0 aliphatic heterocycles. The molecule has 204 valence electrons. The van der Waals surface area contributed by atoms with Crippen molar-refractivity contribution in [1.82, 2.24) is 5.32 Å². The number of rotatable bonds is 12. The Morgan fingerprint density at radius 3 is 1.90 bits per heavy atom. The van der Waals surface area contributed by atoms with Crippen LogP contribution in [0.3, 0.4) is 0 Å². The van der Waals surface area contributed by atoms with Gasteiger partial charge in [-0.2, -0.15) is 0 Å². The van der Waals surface area contributed by atoms with Gasteiger partial charge in [0.25, 0.3) is 5.91 Å². The number of ether oxygens (including phenoxy) is 3. The molecule has 0 unspecified atom stereocenters. The number of methoxy groups -OCH3 is 1. The average Bonchev–Trinajstić information content (AvgIpc) is 2.99. The lowest BCUT2D eigenvalue weighted by Crippen LogP contribution is -2.45. The molecule has 4 rings (SSSR count). The van der Waals surface area contributed by atoms with Gasteiger partial charge in [-0.05, 0) is 47.0 Å². The van der Waals surface area contributed by atoms with Gasteiger partial charge < -0.3 is 25.3 Å². The maximum Gasteiger partial charge on any atom is 0.337 e. The second-order valence-corrected chi connectivity index (χ2v) is 9.03. The highest BCUT2D eigenvalue weighted by atomic mass is 16.5.